The second kappa shape index (κ2) is 4.23. The van der Waals surface area contributed by atoms with Crippen molar-refractivity contribution in [3.63, 3.8) is 0 Å². The summed E-state index contributed by atoms with van der Waals surface area (Å²) >= 11 is 0. The molecule has 2 aliphatic rings. The van der Waals surface area contributed by atoms with Crippen LogP contribution < -0.4 is 0 Å². The van der Waals surface area contributed by atoms with Crippen LogP contribution in [0.1, 0.15) is 41.0 Å². The summed E-state index contributed by atoms with van der Waals surface area (Å²) in [6.07, 6.45) is 0.216. The summed E-state index contributed by atoms with van der Waals surface area (Å²) in [4.78, 5) is 17.6. The van der Waals surface area contributed by atoms with Gasteiger partial charge in [0.15, 0.2) is 0 Å². The van der Waals surface area contributed by atoms with Crippen LogP contribution in [-0.2, 0) is 19.1 Å². The van der Waals surface area contributed by atoms with E-state index in [0.29, 0.717) is 13.0 Å². The van der Waals surface area contributed by atoms with Gasteiger partial charge in [-0.25, -0.2) is 4.79 Å². The van der Waals surface area contributed by atoms with Crippen molar-refractivity contribution < 1.29 is 19.1 Å². The summed E-state index contributed by atoms with van der Waals surface area (Å²) in [6, 6.07) is 0. The fraction of sp³-hybridized carbons (Fsp3) is 0.846. The van der Waals surface area contributed by atoms with Gasteiger partial charge in [-0.3, -0.25) is 0 Å². The SMILES string of the molecule is CCOC(=O)C1(C2OC2C)CC(C(C)(C)C)=NO1. The third kappa shape index (κ3) is 2.11. The van der Waals surface area contributed by atoms with Crippen LogP contribution in [0.25, 0.3) is 0 Å². The van der Waals surface area contributed by atoms with Crippen molar-refractivity contribution in [1.82, 2.24) is 0 Å². The molecule has 1 saturated heterocycles. The molecule has 2 heterocycles. The number of oxime groups is 1. The molecule has 102 valence electrons. The first kappa shape index (κ1) is 13.3. The van der Waals surface area contributed by atoms with Crippen molar-refractivity contribution in [3.8, 4) is 0 Å². The summed E-state index contributed by atoms with van der Waals surface area (Å²) in [5.74, 6) is -0.373. The average molecular weight is 255 g/mol. The molecule has 0 spiro atoms. The van der Waals surface area contributed by atoms with E-state index in [9.17, 15) is 4.79 Å². The maximum atomic E-state index is 12.2. The van der Waals surface area contributed by atoms with Gasteiger partial charge in [0.25, 0.3) is 5.60 Å². The van der Waals surface area contributed by atoms with Gasteiger partial charge in [-0.1, -0.05) is 25.9 Å². The first-order chi connectivity index (χ1) is 8.31. The molecule has 0 aromatic carbocycles. The Labute approximate surface area is 107 Å². The fourth-order valence-electron chi connectivity index (χ4n) is 2.16. The lowest BCUT2D eigenvalue weighted by atomic mass is 9.81. The highest BCUT2D eigenvalue weighted by Gasteiger charge is 2.64. The predicted molar refractivity (Wildman–Crippen MR) is 66.3 cm³/mol. The van der Waals surface area contributed by atoms with Crippen LogP contribution in [0.4, 0.5) is 0 Å². The second-order valence-corrected chi connectivity index (χ2v) is 5.93. The van der Waals surface area contributed by atoms with Crippen molar-refractivity contribution in [3.05, 3.63) is 0 Å². The Kier molecular flexibility index (Phi) is 3.13. The van der Waals surface area contributed by atoms with Gasteiger partial charge >= 0.3 is 5.97 Å². The van der Waals surface area contributed by atoms with E-state index in [2.05, 4.69) is 5.16 Å². The molecule has 18 heavy (non-hydrogen) atoms. The van der Waals surface area contributed by atoms with Gasteiger partial charge in [-0.2, -0.15) is 0 Å². The van der Waals surface area contributed by atoms with E-state index in [1.165, 1.54) is 0 Å². The Morgan fingerprint density at radius 3 is 2.56 bits per heavy atom. The molecule has 1 fully saturated rings. The summed E-state index contributed by atoms with van der Waals surface area (Å²) in [6.45, 7) is 10.2. The van der Waals surface area contributed by atoms with E-state index >= 15 is 0 Å². The number of hydrogen-bond donors (Lipinski definition) is 0. The zero-order valence-corrected chi connectivity index (χ0v) is 11.6. The number of rotatable bonds is 3. The van der Waals surface area contributed by atoms with Crippen molar-refractivity contribution in [2.75, 3.05) is 6.61 Å². The van der Waals surface area contributed by atoms with Gasteiger partial charge in [0, 0.05) is 11.8 Å². The highest BCUT2D eigenvalue weighted by atomic mass is 16.7. The van der Waals surface area contributed by atoms with E-state index in [0.717, 1.165) is 5.71 Å². The summed E-state index contributed by atoms with van der Waals surface area (Å²) < 4.78 is 10.6. The first-order valence-corrected chi connectivity index (χ1v) is 6.39. The van der Waals surface area contributed by atoms with Crippen molar-refractivity contribution in [1.29, 1.82) is 0 Å². The van der Waals surface area contributed by atoms with Crippen LogP contribution >= 0.6 is 0 Å². The van der Waals surface area contributed by atoms with Gasteiger partial charge in [-0.05, 0) is 13.8 Å². The van der Waals surface area contributed by atoms with Crippen LogP contribution in [0.3, 0.4) is 0 Å². The van der Waals surface area contributed by atoms with Crippen molar-refractivity contribution in [2.45, 2.75) is 58.8 Å². The van der Waals surface area contributed by atoms with Gasteiger partial charge in [0.2, 0.25) is 0 Å². The molecule has 0 radical (unpaired) electrons. The zero-order chi connectivity index (χ0) is 13.6. The maximum Gasteiger partial charge on any atom is 0.356 e. The maximum absolute atomic E-state index is 12.2. The Hall–Kier alpha value is -1.10. The third-order valence-corrected chi connectivity index (χ3v) is 3.41. The number of epoxide rings is 1. The summed E-state index contributed by atoms with van der Waals surface area (Å²) in [5, 5.41) is 4.10. The molecule has 3 unspecified atom stereocenters. The highest BCUT2D eigenvalue weighted by Crippen LogP contribution is 2.43. The quantitative estimate of drug-likeness (QED) is 0.571. The first-order valence-electron chi connectivity index (χ1n) is 6.39. The van der Waals surface area contributed by atoms with E-state index in [-0.39, 0.29) is 23.6 Å². The molecule has 0 saturated carbocycles. The van der Waals surface area contributed by atoms with Gasteiger partial charge in [0.05, 0.1) is 18.4 Å². The van der Waals surface area contributed by atoms with Gasteiger partial charge < -0.3 is 14.3 Å². The number of nitrogens with zero attached hydrogens (tertiary/aromatic N) is 1. The van der Waals surface area contributed by atoms with Crippen LogP contribution in [0.2, 0.25) is 0 Å². The molecule has 0 aromatic heterocycles. The van der Waals surface area contributed by atoms with Gasteiger partial charge in [-0.15, -0.1) is 0 Å². The lowest BCUT2D eigenvalue weighted by Crippen LogP contribution is -2.47. The fourth-order valence-corrected chi connectivity index (χ4v) is 2.16. The lowest BCUT2D eigenvalue weighted by Gasteiger charge is -2.24. The molecule has 5 heteroatoms. The minimum absolute atomic E-state index is 0.0175. The third-order valence-electron chi connectivity index (χ3n) is 3.41. The Morgan fingerprint density at radius 2 is 2.17 bits per heavy atom. The Bertz CT molecular complexity index is 385. The van der Waals surface area contributed by atoms with Crippen molar-refractivity contribution in [2.24, 2.45) is 10.6 Å². The van der Waals surface area contributed by atoms with E-state index in [1.54, 1.807) is 6.92 Å². The molecule has 0 amide bonds. The zero-order valence-electron chi connectivity index (χ0n) is 11.6. The van der Waals surface area contributed by atoms with Gasteiger partial charge in [0.1, 0.15) is 6.10 Å². The van der Waals surface area contributed by atoms with Crippen molar-refractivity contribution >= 4 is 11.7 Å². The lowest BCUT2D eigenvalue weighted by molar-refractivity contribution is -0.171. The predicted octanol–water partition coefficient (Wildman–Crippen LogP) is 1.90. The minimum atomic E-state index is -1.07. The topological polar surface area (TPSA) is 60.4 Å². The van der Waals surface area contributed by atoms with Crippen LogP contribution in [0, 0.1) is 5.41 Å². The van der Waals surface area contributed by atoms with E-state index in [4.69, 9.17) is 14.3 Å². The molecule has 5 nitrogen and oxygen atoms in total. The molecule has 0 N–H and O–H groups in total. The standard InChI is InChI=1S/C13H21NO4/c1-6-16-11(15)13(10-8(2)17-10)7-9(14-18-13)12(3,4)5/h8,10H,6-7H2,1-5H3. The Balaban J connectivity index is 2.19. The van der Waals surface area contributed by atoms with Crippen LogP contribution in [0.15, 0.2) is 5.16 Å². The molecular weight excluding hydrogens is 234 g/mol. The summed E-state index contributed by atoms with van der Waals surface area (Å²) in [7, 11) is 0. The number of esters is 1. The molecule has 2 rings (SSSR count). The van der Waals surface area contributed by atoms with Crippen LogP contribution in [-0.4, -0.2) is 36.1 Å². The number of hydrogen-bond acceptors (Lipinski definition) is 5. The monoisotopic (exact) mass is 255 g/mol. The second-order valence-electron chi connectivity index (χ2n) is 5.93. The normalized spacial score (nSPS) is 34.8. The highest BCUT2D eigenvalue weighted by molar-refractivity contribution is 5.97. The molecule has 0 bridgehead atoms. The smallest absolute Gasteiger partial charge is 0.356 e. The number of ether oxygens (including phenoxy) is 2. The molecular formula is C13H21NO4. The van der Waals surface area contributed by atoms with Crippen LogP contribution in [0.5, 0.6) is 0 Å². The molecule has 0 aliphatic carbocycles. The van der Waals surface area contributed by atoms with E-state index in [1.807, 2.05) is 27.7 Å². The summed E-state index contributed by atoms with van der Waals surface area (Å²) in [5.41, 5.74) is -0.317. The Morgan fingerprint density at radius 1 is 1.56 bits per heavy atom. The average Bonchev–Trinajstić information content (AvgIpc) is 2.82. The van der Waals surface area contributed by atoms with E-state index < -0.39 is 5.60 Å². The molecule has 0 aromatic rings. The number of carbonyl (C=O) groups is 1. The molecule has 2 aliphatic heterocycles. The largest absolute Gasteiger partial charge is 0.463 e. The number of carbonyl (C=O) groups excluding carboxylic acids is 1. The molecule has 3 atom stereocenters. The minimum Gasteiger partial charge on any atom is -0.463 e.